The predicted octanol–water partition coefficient (Wildman–Crippen LogP) is 4.06. The molecule has 0 aliphatic heterocycles. The van der Waals surface area contributed by atoms with Crippen molar-refractivity contribution in [3.63, 3.8) is 0 Å². The Morgan fingerprint density at radius 1 is 0.895 bits per heavy atom. The second-order valence-corrected chi connectivity index (χ2v) is 4.70. The topological polar surface area (TPSA) is 17.1 Å². The Morgan fingerprint density at radius 3 is 1.58 bits per heavy atom. The maximum atomic E-state index is 12.9. The van der Waals surface area contributed by atoms with Gasteiger partial charge in [-0.05, 0) is 35.4 Å². The van der Waals surface area contributed by atoms with E-state index in [0.717, 1.165) is 0 Å². The van der Waals surface area contributed by atoms with Crippen LogP contribution < -0.4 is 0 Å². The van der Waals surface area contributed by atoms with E-state index in [1.165, 1.54) is 24.3 Å². The van der Waals surface area contributed by atoms with Gasteiger partial charge in [-0.2, -0.15) is 0 Å². The van der Waals surface area contributed by atoms with E-state index in [1.54, 1.807) is 24.3 Å². The molecule has 0 N–H and O–H groups in total. The zero-order chi connectivity index (χ0) is 13.8. The van der Waals surface area contributed by atoms with Gasteiger partial charge in [-0.3, -0.25) is 4.79 Å². The van der Waals surface area contributed by atoms with Crippen LogP contribution in [0, 0.1) is 11.6 Å². The highest BCUT2D eigenvalue weighted by Gasteiger charge is 2.21. The van der Waals surface area contributed by atoms with Gasteiger partial charge in [0.2, 0.25) is 0 Å². The van der Waals surface area contributed by atoms with Crippen molar-refractivity contribution >= 4 is 21.7 Å². The molecule has 0 aliphatic rings. The van der Waals surface area contributed by atoms with Gasteiger partial charge in [0.15, 0.2) is 5.78 Å². The van der Waals surface area contributed by atoms with E-state index in [0.29, 0.717) is 11.1 Å². The Morgan fingerprint density at radius 2 is 1.26 bits per heavy atom. The van der Waals surface area contributed by atoms with Crippen molar-refractivity contribution in [1.82, 2.24) is 0 Å². The molecule has 0 aromatic heterocycles. The summed E-state index contributed by atoms with van der Waals surface area (Å²) in [5.74, 6) is -1.28. The Balaban J connectivity index is 2.44. The van der Waals surface area contributed by atoms with Crippen LogP contribution in [0.4, 0.5) is 8.78 Å². The fourth-order valence-electron chi connectivity index (χ4n) is 1.95. The highest BCUT2D eigenvalue weighted by Crippen LogP contribution is 2.26. The Hall–Kier alpha value is -1.55. The molecule has 0 fully saturated rings. The number of Topliss-reactive ketones (excluding diaryl/α,β-unsaturated/α-hetero) is 1. The summed E-state index contributed by atoms with van der Waals surface area (Å²) in [6.45, 7) is 0. The SMILES string of the molecule is O=C(CBr)C(c1ccc(F)cc1)c1ccc(F)cc1. The first kappa shape index (κ1) is 13.9. The summed E-state index contributed by atoms with van der Waals surface area (Å²) < 4.78 is 25.9. The molecule has 0 aliphatic carbocycles. The maximum absolute atomic E-state index is 12.9. The molecule has 0 amide bonds. The van der Waals surface area contributed by atoms with E-state index in [9.17, 15) is 13.6 Å². The van der Waals surface area contributed by atoms with Crippen LogP contribution in [0.1, 0.15) is 17.0 Å². The van der Waals surface area contributed by atoms with Gasteiger partial charge >= 0.3 is 0 Å². The lowest BCUT2D eigenvalue weighted by atomic mass is 9.88. The summed E-state index contributed by atoms with van der Waals surface area (Å²) in [5, 5.41) is 0.187. The van der Waals surface area contributed by atoms with Crippen LogP contribution in [-0.4, -0.2) is 11.1 Å². The van der Waals surface area contributed by atoms with Crippen molar-refractivity contribution in [2.45, 2.75) is 5.92 Å². The molecule has 1 nitrogen and oxygen atoms in total. The largest absolute Gasteiger partial charge is 0.298 e. The molecule has 19 heavy (non-hydrogen) atoms. The van der Waals surface area contributed by atoms with Crippen molar-refractivity contribution in [3.05, 3.63) is 71.3 Å². The molecule has 0 spiro atoms. The third kappa shape index (κ3) is 3.26. The lowest BCUT2D eigenvalue weighted by Gasteiger charge is -2.15. The second-order valence-electron chi connectivity index (χ2n) is 4.14. The van der Waals surface area contributed by atoms with Crippen LogP contribution in [0.25, 0.3) is 0 Å². The molecule has 0 saturated heterocycles. The number of hydrogen-bond acceptors (Lipinski definition) is 1. The van der Waals surface area contributed by atoms with Gasteiger partial charge in [0.05, 0.1) is 11.2 Å². The maximum Gasteiger partial charge on any atom is 0.155 e. The normalized spacial score (nSPS) is 10.7. The van der Waals surface area contributed by atoms with Gasteiger partial charge in [0.25, 0.3) is 0 Å². The highest BCUT2D eigenvalue weighted by molar-refractivity contribution is 9.09. The lowest BCUT2D eigenvalue weighted by Crippen LogP contribution is -2.15. The zero-order valence-corrected chi connectivity index (χ0v) is 11.5. The Kier molecular flexibility index (Phi) is 4.43. The fraction of sp³-hybridized carbons (Fsp3) is 0.133. The molecule has 0 heterocycles. The smallest absolute Gasteiger partial charge is 0.155 e. The van der Waals surface area contributed by atoms with E-state index < -0.39 is 5.92 Å². The number of rotatable bonds is 4. The average Bonchev–Trinajstić information content (AvgIpc) is 2.43. The summed E-state index contributed by atoms with van der Waals surface area (Å²) in [6.07, 6.45) is 0. The van der Waals surface area contributed by atoms with Crippen LogP contribution in [0.5, 0.6) is 0 Å². The van der Waals surface area contributed by atoms with E-state index in [1.807, 2.05) is 0 Å². The molecular weight excluding hydrogens is 314 g/mol. The first-order valence-electron chi connectivity index (χ1n) is 5.71. The second kappa shape index (κ2) is 6.06. The monoisotopic (exact) mass is 324 g/mol. The van der Waals surface area contributed by atoms with Crippen molar-refractivity contribution in [3.8, 4) is 0 Å². The van der Waals surface area contributed by atoms with Crippen LogP contribution in [0.15, 0.2) is 48.5 Å². The highest BCUT2D eigenvalue weighted by atomic mass is 79.9. The predicted molar refractivity (Wildman–Crippen MR) is 73.4 cm³/mol. The molecule has 4 heteroatoms. The standard InChI is InChI=1S/C15H11BrF2O/c16-9-14(19)15(10-1-5-12(17)6-2-10)11-3-7-13(18)8-4-11/h1-8,15H,9H2. The lowest BCUT2D eigenvalue weighted by molar-refractivity contribution is -0.117. The minimum atomic E-state index is -0.513. The van der Waals surface area contributed by atoms with Crippen LogP contribution in [-0.2, 0) is 4.79 Å². The van der Waals surface area contributed by atoms with Crippen molar-refractivity contribution < 1.29 is 13.6 Å². The molecule has 98 valence electrons. The number of hydrogen-bond donors (Lipinski definition) is 0. The Bertz CT molecular complexity index is 518. The summed E-state index contributed by atoms with van der Waals surface area (Å²) >= 11 is 3.14. The van der Waals surface area contributed by atoms with E-state index in [2.05, 4.69) is 15.9 Å². The van der Waals surface area contributed by atoms with Gasteiger partial charge < -0.3 is 0 Å². The van der Waals surface area contributed by atoms with Crippen LogP contribution >= 0.6 is 15.9 Å². The molecular formula is C15H11BrF2O. The average molecular weight is 325 g/mol. The summed E-state index contributed by atoms with van der Waals surface area (Å²) in [5.41, 5.74) is 1.38. The number of benzene rings is 2. The molecule has 0 saturated carbocycles. The zero-order valence-electron chi connectivity index (χ0n) is 9.95. The van der Waals surface area contributed by atoms with Crippen molar-refractivity contribution in [2.24, 2.45) is 0 Å². The number of halogens is 3. The van der Waals surface area contributed by atoms with Crippen molar-refractivity contribution in [2.75, 3.05) is 5.33 Å². The van der Waals surface area contributed by atoms with Crippen LogP contribution in [0.2, 0.25) is 0 Å². The first-order valence-corrected chi connectivity index (χ1v) is 6.83. The minimum absolute atomic E-state index is 0.0572. The van der Waals surface area contributed by atoms with Crippen LogP contribution in [0.3, 0.4) is 0 Å². The molecule has 2 rings (SSSR count). The van der Waals surface area contributed by atoms with Gasteiger partial charge in [-0.15, -0.1) is 0 Å². The third-order valence-electron chi connectivity index (χ3n) is 2.86. The summed E-state index contributed by atoms with van der Waals surface area (Å²) in [6, 6.07) is 11.5. The number of carbonyl (C=O) groups is 1. The van der Waals surface area contributed by atoms with E-state index in [-0.39, 0.29) is 22.7 Å². The van der Waals surface area contributed by atoms with Crippen molar-refractivity contribution in [1.29, 1.82) is 0 Å². The third-order valence-corrected chi connectivity index (χ3v) is 3.41. The van der Waals surface area contributed by atoms with E-state index >= 15 is 0 Å². The van der Waals surface area contributed by atoms with Gasteiger partial charge in [-0.25, -0.2) is 8.78 Å². The Labute approximate surface area is 118 Å². The quantitative estimate of drug-likeness (QED) is 0.775. The first-order chi connectivity index (χ1) is 9.11. The summed E-state index contributed by atoms with van der Waals surface area (Å²) in [7, 11) is 0. The number of alkyl halides is 1. The molecule has 2 aromatic rings. The summed E-state index contributed by atoms with van der Waals surface area (Å²) in [4.78, 5) is 12.0. The minimum Gasteiger partial charge on any atom is -0.298 e. The molecule has 0 radical (unpaired) electrons. The molecule has 0 bridgehead atoms. The number of ketones is 1. The van der Waals surface area contributed by atoms with Gasteiger partial charge in [0.1, 0.15) is 11.6 Å². The number of carbonyl (C=O) groups excluding carboxylic acids is 1. The molecule has 0 unspecified atom stereocenters. The van der Waals surface area contributed by atoms with E-state index in [4.69, 9.17) is 0 Å². The van der Waals surface area contributed by atoms with Gasteiger partial charge in [0, 0.05) is 0 Å². The molecule has 0 atom stereocenters. The molecule has 2 aromatic carbocycles. The fourth-order valence-corrected chi connectivity index (χ4v) is 2.28. The van der Waals surface area contributed by atoms with Gasteiger partial charge in [-0.1, -0.05) is 40.2 Å².